The summed E-state index contributed by atoms with van der Waals surface area (Å²) in [5.74, 6) is 0.243. The third-order valence-corrected chi connectivity index (χ3v) is 6.38. The van der Waals surface area contributed by atoms with Gasteiger partial charge in [-0.2, -0.15) is 0 Å². The molecule has 0 spiro atoms. The fourth-order valence-electron chi connectivity index (χ4n) is 4.34. The van der Waals surface area contributed by atoms with Gasteiger partial charge in [0.25, 0.3) is 0 Å². The highest BCUT2D eigenvalue weighted by Crippen LogP contribution is 2.40. The zero-order valence-electron chi connectivity index (χ0n) is 15.6. The molecular formula is C20H30O6. The second-order valence-corrected chi connectivity index (χ2v) is 8.46. The van der Waals surface area contributed by atoms with Gasteiger partial charge in [0.1, 0.15) is 0 Å². The second-order valence-electron chi connectivity index (χ2n) is 8.46. The smallest absolute Gasteiger partial charge is 0.309 e. The van der Waals surface area contributed by atoms with Crippen LogP contribution < -0.4 is 0 Å². The maximum Gasteiger partial charge on any atom is 0.309 e. The summed E-state index contributed by atoms with van der Waals surface area (Å²) in [7, 11) is 0. The average molecular weight is 366 g/mol. The van der Waals surface area contributed by atoms with Crippen molar-refractivity contribution < 1.29 is 28.5 Å². The molecule has 0 aromatic rings. The third-order valence-electron chi connectivity index (χ3n) is 6.38. The Balaban J connectivity index is 1.05. The van der Waals surface area contributed by atoms with Gasteiger partial charge in [-0.05, 0) is 57.3 Å². The van der Waals surface area contributed by atoms with E-state index in [1.807, 2.05) is 0 Å². The molecule has 6 heteroatoms. The molecule has 4 fully saturated rings. The Bertz CT molecular complexity index is 488. The van der Waals surface area contributed by atoms with E-state index in [1.54, 1.807) is 0 Å². The zero-order valence-corrected chi connectivity index (χ0v) is 15.6. The van der Waals surface area contributed by atoms with Crippen LogP contribution in [0, 0.1) is 17.8 Å². The number of epoxide rings is 2. The second kappa shape index (κ2) is 7.85. The molecule has 2 aliphatic carbocycles. The van der Waals surface area contributed by atoms with E-state index in [4.69, 9.17) is 18.9 Å². The topological polar surface area (TPSA) is 77.7 Å². The Kier molecular flexibility index (Phi) is 5.50. The quantitative estimate of drug-likeness (QED) is 0.485. The normalized spacial score (nSPS) is 38.5. The SMILES string of the molecule is CC(CCOC(=O)C1CCC2OC2C1)CCOC(=O)C1CCC2OC2C1. The Morgan fingerprint density at radius 1 is 0.808 bits per heavy atom. The van der Waals surface area contributed by atoms with Crippen molar-refractivity contribution in [2.45, 2.75) is 82.7 Å². The number of ether oxygens (including phenoxy) is 4. The van der Waals surface area contributed by atoms with E-state index in [9.17, 15) is 9.59 Å². The highest BCUT2D eigenvalue weighted by molar-refractivity contribution is 5.73. The first-order valence-electron chi connectivity index (χ1n) is 10.2. The van der Waals surface area contributed by atoms with Crippen LogP contribution in [0.5, 0.6) is 0 Å². The lowest BCUT2D eigenvalue weighted by Gasteiger charge is -2.19. The molecule has 0 N–H and O–H groups in total. The summed E-state index contributed by atoms with van der Waals surface area (Å²) < 4.78 is 21.8. The van der Waals surface area contributed by atoms with Gasteiger partial charge in [0.05, 0.1) is 49.5 Å². The summed E-state index contributed by atoms with van der Waals surface area (Å²) in [5.41, 5.74) is 0. The van der Waals surface area contributed by atoms with Gasteiger partial charge in [0, 0.05) is 0 Å². The van der Waals surface area contributed by atoms with Crippen molar-refractivity contribution in [1.29, 1.82) is 0 Å². The molecule has 0 aromatic carbocycles. The first-order valence-corrected chi connectivity index (χ1v) is 10.2. The van der Waals surface area contributed by atoms with Crippen molar-refractivity contribution in [1.82, 2.24) is 0 Å². The van der Waals surface area contributed by atoms with E-state index in [2.05, 4.69) is 6.92 Å². The molecule has 4 aliphatic rings. The number of esters is 2. The molecule has 4 rings (SSSR count). The van der Waals surface area contributed by atoms with Crippen molar-refractivity contribution in [3.8, 4) is 0 Å². The molecule has 0 amide bonds. The first kappa shape index (κ1) is 18.2. The minimum absolute atomic E-state index is 0.0144. The van der Waals surface area contributed by atoms with E-state index in [0.717, 1.165) is 51.4 Å². The van der Waals surface area contributed by atoms with Gasteiger partial charge < -0.3 is 18.9 Å². The van der Waals surface area contributed by atoms with Gasteiger partial charge in [-0.3, -0.25) is 9.59 Å². The van der Waals surface area contributed by atoms with E-state index in [-0.39, 0.29) is 23.8 Å². The highest BCUT2D eigenvalue weighted by atomic mass is 16.6. The summed E-state index contributed by atoms with van der Waals surface area (Å²) in [6.07, 6.45) is 8.43. The minimum Gasteiger partial charge on any atom is -0.465 e. The maximum atomic E-state index is 12.1. The summed E-state index contributed by atoms with van der Waals surface area (Å²) in [5, 5.41) is 0. The number of carbonyl (C=O) groups is 2. The molecule has 146 valence electrons. The van der Waals surface area contributed by atoms with Gasteiger partial charge in [0.2, 0.25) is 0 Å². The van der Waals surface area contributed by atoms with Crippen LogP contribution in [0.4, 0.5) is 0 Å². The van der Waals surface area contributed by atoms with Crippen molar-refractivity contribution in [2.24, 2.45) is 17.8 Å². The van der Waals surface area contributed by atoms with E-state index < -0.39 is 0 Å². The molecule has 2 aliphatic heterocycles. The van der Waals surface area contributed by atoms with Crippen LogP contribution >= 0.6 is 0 Å². The predicted octanol–water partition coefficient (Wildman–Crippen LogP) is 2.62. The Morgan fingerprint density at radius 2 is 1.27 bits per heavy atom. The maximum absolute atomic E-state index is 12.1. The molecule has 0 aromatic heterocycles. The van der Waals surface area contributed by atoms with Crippen molar-refractivity contribution in [3.05, 3.63) is 0 Å². The fourth-order valence-corrected chi connectivity index (χ4v) is 4.34. The Hall–Kier alpha value is -1.14. The molecule has 26 heavy (non-hydrogen) atoms. The van der Waals surface area contributed by atoms with Crippen LogP contribution in [0.1, 0.15) is 58.3 Å². The Morgan fingerprint density at radius 3 is 1.69 bits per heavy atom. The number of hydrogen-bond donors (Lipinski definition) is 0. The molecule has 6 atom stereocenters. The highest BCUT2D eigenvalue weighted by Gasteiger charge is 2.47. The van der Waals surface area contributed by atoms with Gasteiger partial charge in [-0.25, -0.2) is 0 Å². The van der Waals surface area contributed by atoms with Crippen LogP contribution in [0.2, 0.25) is 0 Å². The summed E-state index contributed by atoms with van der Waals surface area (Å²) in [4.78, 5) is 24.2. The van der Waals surface area contributed by atoms with E-state index in [1.165, 1.54) is 0 Å². The summed E-state index contributed by atoms with van der Waals surface area (Å²) >= 11 is 0. The molecule has 2 saturated heterocycles. The van der Waals surface area contributed by atoms with Crippen molar-refractivity contribution >= 4 is 11.9 Å². The average Bonchev–Trinajstić information content (AvgIpc) is 3.53. The zero-order chi connectivity index (χ0) is 18.1. The minimum atomic E-state index is -0.0736. The summed E-state index contributed by atoms with van der Waals surface area (Å²) in [6.45, 7) is 3.00. The molecule has 2 heterocycles. The van der Waals surface area contributed by atoms with Gasteiger partial charge in [0.15, 0.2) is 0 Å². The first-order chi connectivity index (χ1) is 12.6. The van der Waals surface area contributed by atoms with E-state index in [0.29, 0.717) is 43.5 Å². The monoisotopic (exact) mass is 366 g/mol. The lowest BCUT2D eigenvalue weighted by atomic mass is 9.89. The lowest BCUT2D eigenvalue weighted by molar-refractivity contribution is -0.149. The molecule has 2 saturated carbocycles. The molecule has 6 nitrogen and oxygen atoms in total. The molecule has 0 radical (unpaired) electrons. The number of carbonyl (C=O) groups excluding carboxylic acids is 2. The van der Waals surface area contributed by atoms with Crippen LogP contribution in [0.15, 0.2) is 0 Å². The van der Waals surface area contributed by atoms with E-state index >= 15 is 0 Å². The molecule has 0 bridgehead atoms. The van der Waals surface area contributed by atoms with Crippen LogP contribution in [0.25, 0.3) is 0 Å². The number of rotatable bonds is 8. The van der Waals surface area contributed by atoms with Crippen molar-refractivity contribution in [2.75, 3.05) is 13.2 Å². The van der Waals surface area contributed by atoms with Gasteiger partial charge >= 0.3 is 11.9 Å². The standard InChI is InChI=1S/C20H30O6/c1-12(6-8-23-19(21)13-2-4-15-17(10-13)25-15)7-9-24-20(22)14-3-5-16-18(11-14)26-16/h12-18H,2-11H2,1H3. The summed E-state index contributed by atoms with van der Waals surface area (Å²) in [6, 6.07) is 0. The van der Waals surface area contributed by atoms with Crippen molar-refractivity contribution in [3.63, 3.8) is 0 Å². The largest absolute Gasteiger partial charge is 0.465 e. The number of hydrogen-bond acceptors (Lipinski definition) is 6. The number of fused-ring (bicyclic) bond motifs is 2. The van der Waals surface area contributed by atoms with Gasteiger partial charge in [-0.1, -0.05) is 6.92 Å². The molecule has 6 unspecified atom stereocenters. The third kappa shape index (κ3) is 4.58. The van der Waals surface area contributed by atoms with Crippen LogP contribution in [0.3, 0.4) is 0 Å². The van der Waals surface area contributed by atoms with Crippen LogP contribution in [-0.2, 0) is 28.5 Å². The predicted molar refractivity (Wildman–Crippen MR) is 92.3 cm³/mol. The fraction of sp³-hybridized carbons (Fsp3) is 0.900. The lowest BCUT2D eigenvalue weighted by Crippen LogP contribution is -2.25. The van der Waals surface area contributed by atoms with Crippen LogP contribution in [-0.4, -0.2) is 49.6 Å². The molecular weight excluding hydrogens is 336 g/mol. The van der Waals surface area contributed by atoms with Gasteiger partial charge in [-0.15, -0.1) is 0 Å². The Labute approximate surface area is 154 Å².